The predicted molar refractivity (Wildman–Crippen MR) is 71.8 cm³/mol. The van der Waals surface area contributed by atoms with E-state index in [0.717, 1.165) is 12.0 Å². The summed E-state index contributed by atoms with van der Waals surface area (Å²) in [6, 6.07) is -1.22. The lowest BCUT2D eigenvalue weighted by atomic mass is 9.89. The normalized spacial score (nSPS) is 46.0. The molecule has 1 amide bonds. The quantitative estimate of drug-likeness (QED) is 0.218. The molecule has 10 heteroatoms. The second-order valence-corrected chi connectivity index (χ2v) is 8.84. The average molecular weight is 382 g/mol. The maximum Gasteiger partial charge on any atom is 0.353 e. The lowest BCUT2D eigenvalue weighted by Gasteiger charge is -2.39. The molecular formula is C11H12BrNO7S. The standard InChI is InChI=1S/C11H12BrNO7S/c1-9(2)4(5(14)15)13-6(16)10(7(13)21(9)18)11(12,20-10)8(17)19-3/h4,7H,1-3H3,(H,14,15)/t4-,7+,10-,11-,21?/m0/s1. The number of aliphatic carboxylic acids is 1. The van der Waals surface area contributed by atoms with Gasteiger partial charge in [0.05, 0.1) is 7.11 Å². The molecule has 21 heavy (non-hydrogen) atoms. The first-order chi connectivity index (χ1) is 9.57. The summed E-state index contributed by atoms with van der Waals surface area (Å²) in [7, 11) is 1.14. The van der Waals surface area contributed by atoms with Crippen LogP contribution >= 0.6 is 15.9 Å². The van der Waals surface area contributed by atoms with Crippen LogP contribution in [-0.2, 0) is 35.0 Å². The minimum Gasteiger partial charge on any atom is -0.614 e. The number of alkyl halides is 1. The molecule has 0 aromatic carbocycles. The number of hydrogen-bond acceptors (Lipinski definition) is 6. The van der Waals surface area contributed by atoms with Crippen molar-refractivity contribution in [2.45, 2.75) is 40.1 Å². The van der Waals surface area contributed by atoms with Crippen LogP contribution in [0.5, 0.6) is 0 Å². The molecule has 3 fully saturated rings. The van der Waals surface area contributed by atoms with Crippen LogP contribution in [0.15, 0.2) is 0 Å². The topological polar surface area (TPSA) is 120 Å². The van der Waals surface area contributed by atoms with Crippen molar-refractivity contribution in [3.8, 4) is 0 Å². The van der Waals surface area contributed by atoms with Crippen molar-refractivity contribution in [3.63, 3.8) is 0 Å². The first-order valence-electron chi connectivity index (χ1n) is 6.01. The Morgan fingerprint density at radius 2 is 2.10 bits per heavy atom. The Morgan fingerprint density at radius 1 is 1.52 bits per heavy atom. The maximum absolute atomic E-state index is 12.6. The average Bonchev–Trinajstić information content (AvgIpc) is 3.00. The Balaban J connectivity index is 2.01. The van der Waals surface area contributed by atoms with Crippen LogP contribution in [0, 0.1) is 0 Å². The van der Waals surface area contributed by atoms with Gasteiger partial charge in [-0.1, -0.05) is 0 Å². The van der Waals surface area contributed by atoms with Crippen LogP contribution in [0.25, 0.3) is 0 Å². The molecule has 116 valence electrons. The molecule has 5 atom stereocenters. The summed E-state index contributed by atoms with van der Waals surface area (Å²) in [5.74, 6) is -2.72. The van der Waals surface area contributed by atoms with Crippen molar-refractivity contribution in [3.05, 3.63) is 0 Å². The summed E-state index contributed by atoms with van der Waals surface area (Å²) < 4.78 is 19.6. The number of methoxy groups -OCH3 is 1. The largest absolute Gasteiger partial charge is 0.614 e. The highest BCUT2D eigenvalue weighted by Gasteiger charge is 2.97. The summed E-state index contributed by atoms with van der Waals surface area (Å²) in [6.45, 7) is 3.02. The molecule has 0 saturated carbocycles. The van der Waals surface area contributed by atoms with Gasteiger partial charge in [-0.3, -0.25) is 9.69 Å². The summed E-state index contributed by atoms with van der Waals surface area (Å²) in [6.07, 6.45) is 0. The molecule has 1 N–H and O–H groups in total. The van der Waals surface area contributed by atoms with Gasteiger partial charge in [0.1, 0.15) is 0 Å². The molecule has 0 bridgehead atoms. The summed E-state index contributed by atoms with van der Waals surface area (Å²) in [5.41, 5.74) is -1.63. The van der Waals surface area contributed by atoms with Crippen LogP contribution in [0.1, 0.15) is 13.8 Å². The van der Waals surface area contributed by atoms with Gasteiger partial charge >= 0.3 is 11.9 Å². The Hall–Kier alpha value is -0.840. The highest BCUT2D eigenvalue weighted by atomic mass is 79.9. The lowest BCUT2D eigenvalue weighted by Crippen LogP contribution is -2.71. The Kier molecular flexibility index (Phi) is 2.81. The Morgan fingerprint density at radius 3 is 2.57 bits per heavy atom. The van der Waals surface area contributed by atoms with Crippen molar-refractivity contribution >= 4 is 45.0 Å². The van der Waals surface area contributed by atoms with Gasteiger partial charge in [-0.25, -0.2) is 9.59 Å². The van der Waals surface area contributed by atoms with E-state index in [-0.39, 0.29) is 0 Å². The van der Waals surface area contributed by atoms with E-state index in [0.29, 0.717) is 0 Å². The number of carbonyl (C=O) groups is 3. The SMILES string of the molecule is COC(=O)[C@]1(Br)O[C@]12C(=O)N1[C@@H](C(=O)O)C(C)(C)[S+]([O-])[C@@H]12. The van der Waals surface area contributed by atoms with Crippen LogP contribution in [0.2, 0.25) is 0 Å². The molecule has 0 aromatic rings. The van der Waals surface area contributed by atoms with E-state index in [4.69, 9.17) is 4.74 Å². The molecule has 1 unspecified atom stereocenters. The van der Waals surface area contributed by atoms with E-state index in [2.05, 4.69) is 20.7 Å². The zero-order chi connectivity index (χ0) is 16.0. The van der Waals surface area contributed by atoms with Crippen molar-refractivity contribution in [2.24, 2.45) is 0 Å². The number of halogens is 1. The maximum atomic E-state index is 12.6. The van der Waals surface area contributed by atoms with Crippen molar-refractivity contribution in [1.29, 1.82) is 0 Å². The minimum absolute atomic E-state index is 0.666. The zero-order valence-electron chi connectivity index (χ0n) is 11.3. The second kappa shape index (κ2) is 3.92. The van der Waals surface area contributed by atoms with Crippen molar-refractivity contribution < 1.29 is 33.5 Å². The van der Waals surface area contributed by atoms with Gasteiger partial charge in [0.15, 0.2) is 10.8 Å². The first-order valence-corrected chi connectivity index (χ1v) is 8.01. The van der Waals surface area contributed by atoms with Gasteiger partial charge in [-0.15, -0.1) is 0 Å². The molecule has 0 aromatic heterocycles. The number of β-lactam (4-membered cyclic amide) rings is 1. The zero-order valence-corrected chi connectivity index (χ0v) is 13.7. The van der Waals surface area contributed by atoms with Crippen molar-refractivity contribution in [1.82, 2.24) is 4.90 Å². The van der Waals surface area contributed by atoms with Gasteiger partial charge in [-0.05, 0) is 41.0 Å². The fraction of sp³-hybridized carbons (Fsp3) is 0.727. The van der Waals surface area contributed by atoms with E-state index in [1.165, 1.54) is 13.8 Å². The Bertz CT molecular complexity index is 583. The van der Waals surface area contributed by atoms with Crippen LogP contribution < -0.4 is 0 Å². The van der Waals surface area contributed by atoms with Crippen LogP contribution in [-0.4, -0.2) is 65.8 Å². The van der Waals surface area contributed by atoms with E-state index in [1.807, 2.05) is 0 Å². The smallest absolute Gasteiger partial charge is 0.353 e. The molecule has 1 spiro atoms. The third-order valence-electron chi connectivity index (χ3n) is 4.23. The van der Waals surface area contributed by atoms with E-state index >= 15 is 0 Å². The summed E-state index contributed by atoms with van der Waals surface area (Å²) >= 11 is 1.32. The van der Waals surface area contributed by atoms with Crippen molar-refractivity contribution in [2.75, 3.05) is 7.11 Å². The molecule has 3 rings (SSSR count). The molecule has 0 radical (unpaired) electrons. The third kappa shape index (κ3) is 1.37. The molecule has 0 aliphatic carbocycles. The van der Waals surface area contributed by atoms with Gasteiger partial charge in [0, 0.05) is 0 Å². The number of esters is 1. The third-order valence-corrected chi connectivity index (χ3v) is 7.53. The van der Waals surface area contributed by atoms with E-state index in [9.17, 15) is 24.0 Å². The second-order valence-electron chi connectivity index (χ2n) is 5.63. The van der Waals surface area contributed by atoms with Gasteiger partial charge in [-0.2, -0.15) is 0 Å². The number of carboxylic acid groups (broad SMARTS) is 1. The molecule has 3 heterocycles. The summed E-state index contributed by atoms with van der Waals surface area (Å²) in [4.78, 5) is 36.6. The van der Waals surface area contributed by atoms with Gasteiger partial charge in [0.25, 0.3) is 16.0 Å². The number of carbonyl (C=O) groups excluding carboxylic acids is 2. The number of epoxide rings is 1. The first kappa shape index (κ1) is 15.1. The highest BCUT2D eigenvalue weighted by Crippen LogP contribution is 2.67. The molecule has 3 aliphatic heterocycles. The highest BCUT2D eigenvalue weighted by molar-refractivity contribution is 9.10. The number of fused-ring (bicyclic) bond motifs is 2. The molecule has 8 nitrogen and oxygen atoms in total. The summed E-state index contributed by atoms with van der Waals surface area (Å²) in [5, 5.41) is 8.32. The Labute approximate surface area is 131 Å². The number of carboxylic acids is 1. The van der Waals surface area contributed by atoms with Crippen LogP contribution in [0.3, 0.4) is 0 Å². The molecular weight excluding hydrogens is 370 g/mol. The van der Waals surface area contributed by atoms with Gasteiger partial charge in [0.2, 0.25) is 5.37 Å². The van der Waals surface area contributed by atoms with E-state index < -0.39 is 55.3 Å². The minimum atomic E-state index is -1.70. The fourth-order valence-corrected chi connectivity index (χ4v) is 6.11. The number of rotatable bonds is 2. The number of hydrogen-bond donors (Lipinski definition) is 1. The number of ether oxygens (including phenoxy) is 2. The number of amides is 1. The molecule has 3 saturated heterocycles. The molecule has 3 aliphatic rings. The fourth-order valence-electron chi connectivity index (χ4n) is 3.10. The number of nitrogens with zero attached hydrogens (tertiary/aromatic N) is 1. The monoisotopic (exact) mass is 381 g/mol. The lowest BCUT2D eigenvalue weighted by molar-refractivity contribution is -0.165. The predicted octanol–water partition coefficient (Wildman–Crippen LogP) is -0.818. The van der Waals surface area contributed by atoms with Crippen LogP contribution in [0.4, 0.5) is 0 Å². The van der Waals surface area contributed by atoms with E-state index in [1.54, 1.807) is 0 Å². The van der Waals surface area contributed by atoms with Gasteiger partial charge < -0.3 is 19.1 Å².